The molecule has 1 aliphatic heterocycles. The zero-order valence-corrected chi connectivity index (χ0v) is 14.7. The van der Waals surface area contributed by atoms with E-state index in [0.29, 0.717) is 0 Å². The summed E-state index contributed by atoms with van der Waals surface area (Å²) in [6.45, 7) is 9.02. The number of pyridine rings is 1. The van der Waals surface area contributed by atoms with E-state index < -0.39 is 0 Å². The Bertz CT molecular complexity index is 653. The monoisotopic (exact) mass is 363 g/mol. The van der Waals surface area contributed by atoms with E-state index >= 15 is 0 Å². The van der Waals surface area contributed by atoms with E-state index in [9.17, 15) is 0 Å². The molecular formula is C17H22BrN3O. The predicted molar refractivity (Wildman–Crippen MR) is 94.4 cm³/mol. The van der Waals surface area contributed by atoms with Gasteiger partial charge in [-0.15, -0.1) is 0 Å². The highest BCUT2D eigenvalue weighted by molar-refractivity contribution is 9.10. The second-order valence-electron chi connectivity index (χ2n) is 6.27. The molecule has 0 atom stereocenters. The second-order valence-corrected chi connectivity index (χ2v) is 7.13. The van der Waals surface area contributed by atoms with Gasteiger partial charge in [0.15, 0.2) is 0 Å². The number of ether oxygens (including phenoxy) is 1. The van der Waals surface area contributed by atoms with Crippen LogP contribution in [0.3, 0.4) is 0 Å². The summed E-state index contributed by atoms with van der Waals surface area (Å²) in [5.41, 5.74) is 1.07. The number of rotatable bonds is 4. The van der Waals surface area contributed by atoms with Crippen molar-refractivity contribution in [1.82, 2.24) is 9.88 Å². The second kappa shape index (κ2) is 6.52. The normalized spacial score (nSPS) is 16.9. The number of nitrogens with one attached hydrogen (secondary N) is 1. The van der Waals surface area contributed by atoms with Crippen molar-refractivity contribution >= 4 is 32.7 Å². The number of hydrogen-bond acceptors (Lipinski definition) is 4. The molecule has 3 rings (SSSR count). The van der Waals surface area contributed by atoms with Gasteiger partial charge in [0.1, 0.15) is 5.82 Å². The van der Waals surface area contributed by atoms with Crippen LogP contribution in [0.5, 0.6) is 0 Å². The van der Waals surface area contributed by atoms with Gasteiger partial charge in [0.25, 0.3) is 0 Å². The Kier molecular flexibility index (Phi) is 4.66. The highest BCUT2D eigenvalue weighted by Crippen LogP contribution is 2.24. The minimum atomic E-state index is 0.0777. The van der Waals surface area contributed by atoms with E-state index in [1.807, 2.05) is 18.2 Å². The first-order valence-electron chi connectivity index (χ1n) is 7.68. The van der Waals surface area contributed by atoms with Gasteiger partial charge in [0, 0.05) is 35.0 Å². The number of fused-ring (bicyclic) bond motifs is 1. The quantitative estimate of drug-likeness (QED) is 0.901. The SMILES string of the molecule is CC(C)(CNc1ccc2cccc(Br)c2n1)N1CCOCC1. The lowest BCUT2D eigenvalue weighted by atomic mass is 10.0. The van der Waals surface area contributed by atoms with Gasteiger partial charge in [-0.2, -0.15) is 0 Å². The Labute approximate surface area is 140 Å². The summed E-state index contributed by atoms with van der Waals surface area (Å²) in [7, 11) is 0. The Hall–Kier alpha value is -1.17. The number of benzene rings is 1. The molecule has 0 saturated carbocycles. The number of morpholine rings is 1. The molecule has 2 aromatic rings. The van der Waals surface area contributed by atoms with Gasteiger partial charge in [-0.3, -0.25) is 4.90 Å². The molecule has 1 aromatic carbocycles. The van der Waals surface area contributed by atoms with Gasteiger partial charge < -0.3 is 10.1 Å². The molecule has 0 unspecified atom stereocenters. The molecule has 0 spiro atoms. The molecule has 1 aromatic heterocycles. The first kappa shape index (κ1) is 15.7. The van der Waals surface area contributed by atoms with Gasteiger partial charge in [0.2, 0.25) is 0 Å². The summed E-state index contributed by atoms with van der Waals surface area (Å²) < 4.78 is 6.47. The first-order chi connectivity index (χ1) is 10.6. The van der Waals surface area contributed by atoms with Crippen molar-refractivity contribution in [2.24, 2.45) is 0 Å². The van der Waals surface area contributed by atoms with Gasteiger partial charge in [-0.25, -0.2) is 4.98 Å². The number of anilines is 1. The van der Waals surface area contributed by atoms with E-state index in [1.165, 1.54) is 0 Å². The molecule has 22 heavy (non-hydrogen) atoms. The fourth-order valence-electron chi connectivity index (χ4n) is 2.80. The molecule has 0 aliphatic carbocycles. The van der Waals surface area contributed by atoms with Crippen LogP contribution in [0.15, 0.2) is 34.8 Å². The summed E-state index contributed by atoms with van der Waals surface area (Å²) in [5.74, 6) is 0.917. The molecule has 0 amide bonds. The van der Waals surface area contributed by atoms with Crippen molar-refractivity contribution in [2.45, 2.75) is 19.4 Å². The lowest BCUT2D eigenvalue weighted by molar-refractivity contribution is -0.00570. The number of nitrogens with zero attached hydrogens (tertiary/aromatic N) is 2. The number of para-hydroxylation sites is 1. The number of hydrogen-bond donors (Lipinski definition) is 1. The largest absolute Gasteiger partial charge is 0.379 e. The average Bonchev–Trinajstić information content (AvgIpc) is 2.54. The first-order valence-corrected chi connectivity index (χ1v) is 8.47. The maximum atomic E-state index is 5.44. The van der Waals surface area contributed by atoms with Crippen molar-refractivity contribution in [3.8, 4) is 0 Å². The molecule has 0 bridgehead atoms. The van der Waals surface area contributed by atoms with E-state index in [0.717, 1.165) is 54.0 Å². The van der Waals surface area contributed by atoms with Crippen LogP contribution >= 0.6 is 15.9 Å². The molecule has 118 valence electrons. The molecule has 5 heteroatoms. The van der Waals surface area contributed by atoms with Crippen molar-refractivity contribution in [3.63, 3.8) is 0 Å². The Balaban J connectivity index is 1.71. The topological polar surface area (TPSA) is 37.4 Å². The van der Waals surface area contributed by atoms with Crippen molar-refractivity contribution in [2.75, 3.05) is 38.2 Å². The van der Waals surface area contributed by atoms with E-state index in [2.05, 4.69) is 52.1 Å². The highest BCUT2D eigenvalue weighted by atomic mass is 79.9. The molecule has 4 nitrogen and oxygen atoms in total. The van der Waals surface area contributed by atoms with Gasteiger partial charge in [-0.05, 0) is 48.0 Å². The van der Waals surface area contributed by atoms with E-state index in [1.54, 1.807) is 0 Å². The number of aromatic nitrogens is 1. The van der Waals surface area contributed by atoms with Crippen LogP contribution in [0.2, 0.25) is 0 Å². The standard InChI is InChI=1S/C17H22BrN3O/c1-17(2,21-8-10-22-11-9-21)12-19-15-7-6-13-4-3-5-14(18)16(13)20-15/h3-7H,8-12H2,1-2H3,(H,19,20). The number of halogens is 1. The van der Waals surface area contributed by atoms with E-state index in [-0.39, 0.29) is 5.54 Å². The minimum Gasteiger partial charge on any atom is -0.379 e. The lowest BCUT2D eigenvalue weighted by Crippen LogP contribution is -2.53. The molecule has 0 radical (unpaired) electrons. The van der Waals surface area contributed by atoms with Gasteiger partial charge >= 0.3 is 0 Å². The Morgan fingerprint density at radius 1 is 1.23 bits per heavy atom. The van der Waals surface area contributed by atoms with Gasteiger partial charge in [0.05, 0.1) is 18.7 Å². The fourth-order valence-corrected chi connectivity index (χ4v) is 3.27. The predicted octanol–water partition coefficient (Wildman–Crippen LogP) is 3.52. The molecular weight excluding hydrogens is 342 g/mol. The third-order valence-corrected chi connectivity index (χ3v) is 4.88. The highest BCUT2D eigenvalue weighted by Gasteiger charge is 2.28. The summed E-state index contributed by atoms with van der Waals surface area (Å²) in [5, 5.41) is 4.63. The maximum Gasteiger partial charge on any atom is 0.126 e. The maximum absolute atomic E-state index is 5.44. The van der Waals surface area contributed by atoms with Crippen LogP contribution in [-0.2, 0) is 4.74 Å². The molecule has 2 heterocycles. The zero-order valence-electron chi connectivity index (χ0n) is 13.1. The minimum absolute atomic E-state index is 0.0777. The molecule has 1 fully saturated rings. The van der Waals surface area contributed by atoms with Crippen LogP contribution in [-0.4, -0.2) is 48.3 Å². The van der Waals surface area contributed by atoms with Crippen LogP contribution in [0.1, 0.15) is 13.8 Å². The average molecular weight is 364 g/mol. The Morgan fingerprint density at radius 2 is 2.00 bits per heavy atom. The Morgan fingerprint density at radius 3 is 2.77 bits per heavy atom. The van der Waals surface area contributed by atoms with Crippen LogP contribution < -0.4 is 5.32 Å². The molecule has 1 N–H and O–H groups in total. The molecule has 1 aliphatic rings. The third-order valence-electron chi connectivity index (χ3n) is 4.24. The van der Waals surface area contributed by atoms with Crippen molar-refractivity contribution in [3.05, 3.63) is 34.8 Å². The zero-order chi connectivity index (χ0) is 15.6. The van der Waals surface area contributed by atoms with E-state index in [4.69, 9.17) is 9.72 Å². The van der Waals surface area contributed by atoms with Crippen molar-refractivity contribution < 1.29 is 4.74 Å². The molecule has 1 saturated heterocycles. The smallest absolute Gasteiger partial charge is 0.126 e. The summed E-state index contributed by atoms with van der Waals surface area (Å²) in [6, 6.07) is 10.3. The van der Waals surface area contributed by atoms with Crippen LogP contribution in [0.25, 0.3) is 10.9 Å². The van der Waals surface area contributed by atoms with Gasteiger partial charge in [-0.1, -0.05) is 12.1 Å². The lowest BCUT2D eigenvalue weighted by Gasteiger charge is -2.41. The summed E-state index contributed by atoms with van der Waals surface area (Å²) >= 11 is 3.57. The third kappa shape index (κ3) is 3.42. The summed E-state index contributed by atoms with van der Waals surface area (Å²) in [6.07, 6.45) is 0. The van der Waals surface area contributed by atoms with Crippen molar-refractivity contribution in [1.29, 1.82) is 0 Å². The summed E-state index contributed by atoms with van der Waals surface area (Å²) in [4.78, 5) is 7.19. The van der Waals surface area contributed by atoms with Crippen LogP contribution in [0, 0.1) is 0 Å². The van der Waals surface area contributed by atoms with Crippen LogP contribution in [0.4, 0.5) is 5.82 Å². The fraction of sp³-hybridized carbons (Fsp3) is 0.471.